The summed E-state index contributed by atoms with van der Waals surface area (Å²) in [4.78, 5) is 31.1. The third kappa shape index (κ3) is 4.60. The predicted molar refractivity (Wildman–Crippen MR) is 121 cm³/mol. The van der Waals surface area contributed by atoms with Gasteiger partial charge in [-0.05, 0) is 57.4 Å². The lowest BCUT2D eigenvalue weighted by atomic mass is 10.00. The van der Waals surface area contributed by atoms with E-state index in [-0.39, 0.29) is 18.5 Å². The first-order valence-corrected chi connectivity index (χ1v) is 10.6. The molecule has 0 saturated heterocycles. The van der Waals surface area contributed by atoms with Crippen LogP contribution in [0.15, 0.2) is 35.7 Å². The minimum Gasteiger partial charge on any atom is -0.456 e. The van der Waals surface area contributed by atoms with Gasteiger partial charge in [-0.25, -0.2) is 9.78 Å². The fourth-order valence-electron chi connectivity index (χ4n) is 3.64. The molecule has 0 spiro atoms. The second kappa shape index (κ2) is 8.79. The number of rotatable bonds is 5. The van der Waals surface area contributed by atoms with Crippen LogP contribution in [0, 0.1) is 34.6 Å². The van der Waals surface area contributed by atoms with Crippen LogP contribution < -0.4 is 4.90 Å². The lowest BCUT2D eigenvalue weighted by Gasteiger charge is -2.20. The van der Waals surface area contributed by atoms with Gasteiger partial charge in [-0.3, -0.25) is 9.69 Å². The zero-order valence-corrected chi connectivity index (χ0v) is 19.0. The summed E-state index contributed by atoms with van der Waals surface area (Å²) in [5, 5.41) is 2.37. The predicted octanol–water partition coefficient (Wildman–Crippen LogP) is 5.73. The highest BCUT2D eigenvalue weighted by molar-refractivity contribution is 7.14. The Morgan fingerprint density at radius 3 is 2.20 bits per heavy atom. The molecule has 6 heteroatoms. The zero-order valence-electron chi connectivity index (χ0n) is 18.2. The molecule has 156 valence electrons. The molecule has 0 aliphatic rings. The van der Waals surface area contributed by atoms with Crippen LogP contribution in [0.5, 0.6) is 0 Å². The van der Waals surface area contributed by atoms with E-state index in [1.54, 1.807) is 4.90 Å². The van der Waals surface area contributed by atoms with E-state index in [0.29, 0.717) is 16.4 Å². The van der Waals surface area contributed by atoms with Gasteiger partial charge in [0.25, 0.3) is 0 Å². The highest BCUT2D eigenvalue weighted by atomic mass is 32.1. The van der Waals surface area contributed by atoms with Crippen LogP contribution in [0.1, 0.15) is 50.8 Å². The summed E-state index contributed by atoms with van der Waals surface area (Å²) < 4.78 is 5.52. The number of carbonyl (C=O) groups excluding carboxylic acids is 2. The van der Waals surface area contributed by atoms with Crippen molar-refractivity contribution in [1.82, 2.24) is 4.98 Å². The molecule has 1 aromatic heterocycles. The molecular formula is C24H26N2O3S. The number of hydrogen-bond donors (Lipinski definition) is 0. The molecule has 5 nitrogen and oxygen atoms in total. The molecule has 1 amide bonds. The van der Waals surface area contributed by atoms with E-state index in [0.717, 1.165) is 33.5 Å². The molecule has 0 atom stereocenters. The summed E-state index contributed by atoms with van der Waals surface area (Å²) in [6, 6.07) is 9.88. The highest BCUT2D eigenvalue weighted by Gasteiger charge is 2.21. The number of ether oxygens (including phenoxy) is 1. The van der Waals surface area contributed by atoms with Gasteiger partial charge < -0.3 is 4.74 Å². The Kier molecular flexibility index (Phi) is 6.37. The molecule has 0 aliphatic heterocycles. The van der Waals surface area contributed by atoms with E-state index in [2.05, 4.69) is 4.98 Å². The number of amides is 1. The Morgan fingerprint density at radius 1 is 0.967 bits per heavy atom. The maximum absolute atomic E-state index is 12.6. The van der Waals surface area contributed by atoms with E-state index in [1.807, 2.05) is 70.3 Å². The molecule has 0 saturated carbocycles. The fourth-order valence-corrected chi connectivity index (χ4v) is 4.51. The lowest BCUT2D eigenvalue weighted by molar-refractivity contribution is -0.115. The van der Waals surface area contributed by atoms with Crippen molar-refractivity contribution in [1.29, 1.82) is 0 Å². The van der Waals surface area contributed by atoms with Crippen molar-refractivity contribution in [3.8, 4) is 0 Å². The summed E-state index contributed by atoms with van der Waals surface area (Å²) in [6.45, 7) is 11.4. The average Bonchev–Trinajstić information content (AvgIpc) is 3.09. The Bertz CT molecular complexity index is 1090. The molecule has 0 fully saturated rings. The van der Waals surface area contributed by atoms with Gasteiger partial charge in [0.2, 0.25) is 5.91 Å². The van der Waals surface area contributed by atoms with Crippen LogP contribution in [-0.4, -0.2) is 16.9 Å². The third-order valence-corrected chi connectivity index (χ3v) is 5.75. The van der Waals surface area contributed by atoms with Gasteiger partial charge in [-0.2, -0.15) is 0 Å². The molecule has 30 heavy (non-hydrogen) atoms. The topological polar surface area (TPSA) is 59.5 Å². The Hall–Kier alpha value is -2.99. The van der Waals surface area contributed by atoms with Crippen LogP contribution in [0.3, 0.4) is 0 Å². The van der Waals surface area contributed by atoms with E-state index >= 15 is 0 Å². The first-order chi connectivity index (χ1) is 14.2. The number of aromatic nitrogens is 1. The molecule has 2 aromatic carbocycles. The number of aryl methyl sites for hydroxylation is 5. The number of thiazole rings is 1. The molecule has 0 unspecified atom stereocenters. The minimum atomic E-state index is -0.364. The van der Waals surface area contributed by atoms with Gasteiger partial charge in [0.15, 0.2) is 5.13 Å². The number of esters is 1. The van der Waals surface area contributed by atoms with E-state index in [9.17, 15) is 9.59 Å². The smallest absolute Gasteiger partial charge is 0.339 e. The van der Waals surface area contributed by atoms with E-state index in [4.69, 9.17) is 4.74 Å². The summed E-state index contributed by atoms with van der Waals surface area (Å²) in [5.41, 5.74) is 7.05. The van der Waals surface area contributed by atoms with Gasteiger partial charge in [-0.15, -0.1) is 11.3 Å². The number of hydrogen-bond acceptors (Lipinski definition) is 5. The largest absolute Gasteiger partial charge is 0.456 e. The van der Waals surface area contributed by atoms with Crippen molar-refractivity contribution < 1.29 is 14.3 Å². The molecule has 0 radical (unpaired) electrons. The van der Waals surface area contributed by atoms with Crippen molar-refractivity contribution in [3.63, 3.8) is 0 Å². The van der Waals surface area contributed by atoms with Crippen molar-refractivity contribution in [2.75, 3.05) is 4.90 Å². The average molecular weight is 423 g/mol. The summed E-state index contributed by atoms with van der Waals surface area (Å²) in [6.07, 6.45) is 0. The van der Waals surface area contributed by atoms with Crippen LogP contribution in [0.25, 0.3) is 0 Å². The molecule has 1 heterocycles. The van der Waals surface area contributed by atoms with Crippen molar-refractivity contribution in [2.45, 2.75) is 48.1 Å². The monoisotopic (exact) mass is 422 g/mol. The molecule has 0 bridgehead atoms. The number of carbonyl (C=O) groups is 2. The molecule has 0 N–H and O–H groups in total. The SMILES string of the molecule is CC(=O)N(c1nc(COC(=O)c2c(C)cc(C)cc2C)cs1)c1ccc(C)cc1C. The molecule has 0 aliphatic carbocycles. The fraction of sp³-hybridized carbons (Fsp3) is 0.292. The van der Waals surface area contributed by atoms with Gasteiger partial charge in [0.05, 0.1) is 16.9 Å². The normalized spacial score (nSPS) is 10.7. The standard InChI is InChI=1S/C24H26N2O3S/c1-14-7-8-21(16(3)9-14)26(19(6)27)24-25-20(13-30-24)12-29-23(28)22-17(4)10-15(2)11-18(22)5/h7-11,13H,12H2,1-6H3. The number of benzene rings is 2. The zero-order chi connectivity index (χ0) is 22.0. The quantitative estimate of drug-likeness (QED) is 0.493. The van der Waals surface area contributed by atoms with Crippen LogP contribution >= 0.6 is 11.3 Å². The van der Waals surface area contributed by atoms with Gasteiger partial charge >= 0.3 is 5.97 Å². The molecular weight excluding hydrogens is 396 g/mol. The number of anilines is 2. The van der Waals surface area contributed by atoms with Crippen LogP contribution in [0.2, 0.25) is 0 Å². The van der Waals surface area contributed by atoms with Crippen LogP contribution in [-0.2, 0) is 16.1 Å². The lowest BCUT2D eigenvalue weighted by Crippen LogP contribution is -2.23. The van der Waals surface area contributed by atoms with E-state index < -0.39 is 0 Å². The number of nitrogens with zero attached hydrogens (tertiary/aromatic N) is 2. The van der Waals surface area contributed by atoms with Crippen molar-refractivity contribution in [3.05, 3.63) is 74.8 Å². The Balaban J connectivity index is 1.79. The maximum atomic E-state index is 12.6. The molecule has 3 aromatic rings. The Morgan fingerprint density at radius 2 is 1.60 bits per heavy atom. The van der Waals surface area contributed by atoms with Gasteiger partial charge in [0, 0.05) is 12.3 Å². The minimum absolute atomic E-state index is 0.0563. The van der Waals surface area contributed by atoms with Gasteiger partial charge in [-0.1, -0.05) is 35.4 Å². The Labute approximate surface area is 181 Å². The second-order valence-corrected chi connectivity index (χ2v) is 8.45. The first-order valence-electron chi connectivity index (χ1n) is 9.74. The molecule has 3 rings (SSSR count). The summed E-state index contributed by atoms with van der Waals surface area (Å²) in [5.74, 6) is -0.483. The summed E-state index contributed by atoms with van der Waals surface area (Å²) in [7, 11) is 0. The second-order valence-electron chi connectivity index (χ2n) is 7.62. The maximum Gasteiger partial charge on any atom is 0.339 e. The van der Waals surface area contributed by atoms with Crippen molar-refractivity contribution in [2.24, 2.45) is 0 Å². The van der Waals surface area contributed by atoms with Crippen LogP contribution in [0.4, 0.5) is 10.8 Å². The van der Waals surface area contributed by atoms with Gasteiger partial charge in [0.1, 0.15) is 6.61 Å². The first kappa shape index (κ1) is 21.7. The van der Waals surface area contributed by atoms with Crippen molar-refractivity contribution >= 4 is 34.0 Å². The highest BCUT2D eigenvalue weighted by Crippen LogP contribution is 2.32. The summed E-state index contributed by atoms with van der Waals surface area (Å²) >= 11 is 1.35. The third-order valence-electron chi connectivity index (χ3n) is 4.87. The van der Waals surface area contributed by atoms with E-state index in [1.165, 1.54) is 18.3 Å².